The van der Waals surface area contributed by atoms with Gasteiger partial charge in [0.25, 0.3) is 0 Å². The Morgan fingerprint density at radius 2 is 0.580 bits per heavy atom. The summed E-state index contributed by atoms with van der Waals surface area (Å²) < 4.78 is 100. The molecule has 20 rings (SSSR count). The number of nitrogens with one attached hydrogen (secondary N) is 1. The van der Waals surface area contributed by atoms with Crippen LogP contribution in [0.3, 0.4) is 0 Å². The molecule has 0 atom stereocenters. The topological polar surface area (TPSA) is 252 Å². The maximum atomic E-state index is 13.6. The molecule has 20 nitrogen and oxygen atoms in total. The molecule has 0 spiro atoms. The molecule has 0 bridgehead atoms. The van der Waals surface area contributed by atoms with Gasteiger partial charge in [0.1, 0.15) is 46.0 Å². The summed E-state index contributed by atoms with van der Waals surface area (Å²) in [7, 11) is 2.66. The maximum absolute atomic E-state index is 13.6. The molecule has 3 N–H and O–H groups in total. The molecule has 4 saturated heterocycles. The SMILES string of the molecule is COC(=O)c1ccc2nc(Cl)c(-c3ccc(F)cc3)nc2c1.COC(=O)c1ccc2nc(N3CCC(c4ccc(C)cc4)CC3)c(-c3ccc(F)cc3)nc2c1.Cc1ccc(C2CCN(c3nc4ccc(C(=O)O)cc4nc3-c3ccc(F)cc3)CC2)cc1.Cc1ccc(C2CCN(c3nc4ccc(C(=O)O)cc4nc3-c3ccc(F)cc3)CC2)cc1.FC(F)(F)c1ccc(C2CCNCC2)cc1. The van der Waals surface area contributed by atoms with E-state index in [0.717, 1.165) is 143 Å². The largest absolute Gasteiger partial charge is 0.478 e. The van der Waals surface area contributed by atoms with Gasteiger partial charge >= 0.3 is 30.1 Å². The fourth-order valence-electron chi connectivity index (χ4n) is 17.7. The second kappa shape index (κ2) is 43.4. The fraction of sp³-hybridized carbons (Fsp3) is 0.236. The first-order chi connectivity index (χ1) is 66.6. The predicted octanol–water partition coefficient (Wildman–Crippen LogP) is 24.6. The highest BCUT2D eigenvalue weighted by Crippen LogP contribution is 2.42. The first-order valence-corrected chi connectivity index (χ1v) is 45.9. The molecule has 4 aromatic heterocycles. The zero-order valence-corrected chi connectivity index (χ0v) is 77.1. The minimum Gasteiger partial charge on any atom is -0.478 e. The summed E-state index contributed by atoms with van der Waals surface area (Å²) in [5.41, 5.74) is 19.5. The van der Waals surface area contributed by atoms with Gasteiger partial charge in [-0.1, -0.05) is 113 Å². The number of hydrogen-bond acceptors (Lipinski definition) is 18. The number of methoxy groups -OCH3 is 2. The highest BCUT2D eigenvalue weighted by atomic mass is 35.5. The van der Waals surface area contributed by atoms with Crippen LogP contribution in [0.2, 0.25) is 5.15 Å². The summed E-state index contributed by atoms with van der Waals surface area (Å²) in [4.78, 5) is 91.0. The van der Waals surface area contributed by atoms with Gasteiger partial charge in [0, 0.05) is 61.5 Å². The maximum Gasteiger partial charge on any atom is 0.416 e. The van der Waals surface area contributed by atoms with Crippen molar-refractivity contribution in [2.45, 2.75) is 102 Å². The van der Waals surface area contributed by atoms with Gasteiger partial charge in [0.15, 0.2) is 22.6 Å². The van der Waals surface area contributed by atoms with Crippen molar-refractivity contribution in [2.24, 2.45) is 0 Å². The van der Waals surface area contributed by atoms with Crippen LogP contribution in [0.5, 0.6) is 0 Å². The van der Waals surface area contributed by atoms with E-state index in [9.17, 15) is 60.1 Å². The van der Waals surface area contributed by atoms with Crippen molar-refractivity contribution in [2.75, 3.05) is 81.3 Å². The van der Waals surface area contributed by atoms with E-state index in [0.29, 0.717) is 107 Å². The number of hydrogen-bond donors (Lipinski definition) is 3. The van der Waals surface area contributed by atoms with E-state index in [1.165, 1.54) is 120 Å². The Labute approximate surface area is 797 Å². The molecule has 0 unspecified atom stereocenters. The van der Waals surface area contributed by atoms with Crippen LogP contribution in [0, 0.1) is 44.0 Å². The zero-order chi connectivity index (χ0) is 96.8. The monoisotopic (exact) mass is 1880 g/mol. The van der Waals surface area contributed by atoms with Gasteiger partial charge in [-0.05, 0) is 313 Å². The molecule has 0 radical (unpaired) electrons. The molecular formula is C110H98ClF7N12O8. The first-order valence-electron chi connectivity index (χ1n) is 45.5. The molecule has 28 heteroatoms. The molecular weight excluding hydrogens is 1790 g/mol. The van der Waals surface area contributed by atoms with E-state index >= 15 is 0 Å². The Balaban J connectivity index is 0.000000127. The van der Waals surface area contributed by atoms with Crippen LogP contribution in [0.4, 0.5) is 48.2 Å². The molecule has 16 aromatic rings. The summed E-state index contributed by atoms with van der Waals surface area (Å²) in [5, 5.41) is 22.2. The number of carbonyl (C=O) groups excluding carboxylic acids is 2. The average Bonchev–Trinajstić information content (AvgIpc) is 0.762. The number of nitrogens with zero attached hydrogens (tertiary/aromatic N) is 11. The normalized spacial score (nSPS) is 14.4. The highest BCUT2D eigenvalue weighted by molar-refractivity contribution is 6.32. The van der Waals surface area contributed by atoms with Crippen molar-refractivity contribution < 1.29 is 69.6 Å². The van der Waals surface area contributed by atoms with Crippen LogP contribution < -0.4 is 20.0 Å². The minimum atomic E-state index is -4.23. The van der Waals surface area contributed by atoms with Gasteiger partial charge < -0.3 is 39.7 Å². The number of carboxylic acid groups (broad SMARTS) is 2. The Morgan fingerprint density at radius 3 is 0.862 bits per heavy atom. The average molecular weight is 1880 g/mol. The second-order valence-corrected chi connectivity index (χ2v) is 35.0. The third-order valence-corrected chi connectivity index (χ3v) is 25.7. The van der Waals surface area contributed by atoms with Crippen LogP contribution in [0.25, 0.3) is 89.2 Å². The Morgan fingerprint density at radius 1 is 0.326 bits per heavy atom. The van der Waals surface area contributed by atoms with Crippen molar-refractivity contribution in [3.63, 3.8) is 0 Å². The smallest absolute Gasteiger partial charge is 0.416 e. The fourth-order valence-corrected chi connectivity index (χ4v) is 17.9. The number of piperidine rings is 4. The van der Waals surface area contributed by atoms with E-state index in [1.54, 1.807) is 121 Å². The number of anilines is 3. The van der Waals surface area contributed by atoms with Crippen molar-refractivity contribution in [3.05, 3.63) is 362 Å². The molecule has 138 heavy (non-hydrogen) atoms. The standard InChI is InChI=1S/C28H26FN3O2.2C27H24FN3O2.C16H10ClFN2O2.C12H14F3N/c1-18-3-5-19(6-4-18)20-13-15-32(16-14-20)27-26(21-7-10-23(29)11-8-21)30-25-17-22(28(33)34-2)9-12-24(25)31-27;2*1-17-2-4-18(5-3-17)19-12-14-31(15-13-19)26-25(20-6-9-22(28)10-7-20)29-24-16-21(27(32)33)8-11-23(24)30-26;1-22-16(21)10-4-7-12-13(8-10)19-14(15(17)20-12)9-2-5-11(18)6-3-9;13-12(14,15)11-3-1-9(2-4-11)10-5-7-16-8-6-10/h3-12,17,20H,13-16H2,1-2H3;2*2-11,16,19H,12-15H2,1H3,(H,32,33);2-8H,1H3;1-4,10,16H,5-8H2. The number of aryl methyl sites for hydroxylation is 3. The van der Waals surface area contributed by atoms with Gasteiger partial charge in [0.05, 0.1) is 86.2 Å². The number of halogens is 8. The van der Waals surface area contributed by atoms with Gasteiger partial charge in [-0.15, -0.1) is 0 Å². The zero-order valence-electron chi connectivity index (χ0n) is 76.3. The molecule has 8 heterocycles. The van der Waals surface area contributed by atoms with Crippen molar-refractivity contribution in [1.29, 1.82) is 0 Å². The lowest BCUT2D eigenvalue weighted by molar-refractivity contribution is -0.137. The van der Waals surface area contributed by atoms with Crippen molar-refractivity contribution in [3.8, 4) is 45.0 Å². The number of fused-ring (bicyclic) bond motifs is 4. The van der Waals surface area contributed by atoms with Gasteiger partial charge in [-0.3, -0.25) is 0 Å². The number of esters is 2. The minimum absolute atomic E-state index is 0.161. The predicted molar refractivity (Wildman–Crippen MR) is 524 cm³/mol. The molecule has 4 fully saturated rings. The summed E-state index contributed by atoms with van der Waals surface area (Å²) in [6.45, 7) is 13.2. The molecule has 702 valence electrons. The third kappa shape index (κ3) is 23.4. The number of alkyl halides is 3. The van der Waals surface area contributed by atoms with Crippen LogP contribution in [-0.2, 0) is 15.7 Å². The Hall–Kier alpha value is -15.0. The van der Waals surface area contributed by atoms with Gasteiger partial charge in [0.2, 0.25) is 0 Å². The van der Waals surface area contributed by atoms with Crippen LogP contribution in [0.1, 0.15) is 161 Å². The molecule has 0 saturated carbocycles. The number of rotatable bonds is 15. The third-order valence-electron chi connectivity index (χ3n) is 25.4. The quantitative estimate of drug-likeness (QED) is 0.0637. The van der Waals surface area contributed by atoms with Crippen LogP contribution in [-0.4, -0.2) is 141 Å². The van der Waals surface area contributed by atoms with E-state index in [-0.39, 0.29) is 39.5 Å². The molecule has 4 aliphatic heterocycles. The van der Waals surface area contributed by atoms with Crippen LogP contribution >= 0.6 is 11.6 Å². The number of aromatic carboxylic acids is 2. The second-order valence-electron chi connectivity index (χ2n) is 34.6. The lowest BCUT2D eigenvalue weighted by Crippen LogP contribution is -2.34. The van der Waals surface area contributed by atoms with E-state index in [1.807, 2.05) is 0 Å². The summed E-state index contributed by atoms with van der Waals surface area (Å²) in [6, 6.07) is 75.9. The molecule has 4 aliphatic rings. The number of carboxylic acids is 2. The van der Waals surface area contributed by atoms with E-state index in [2.05, 4.69) is 128 Å². The number of ether oxygens (including phenoxy) is 2. The van der Waals surface area contributed by atoms with E-state index < -0.39 is 35.6 Å². The molecule has 0 amide bonds. The summed E-state index contributed by atoms with van der Waals surface area (Å²) in [6.07, 6.45) is 3.84. The Bertz CT molecular complexity index is 6840. The van der Waals surface area contributed by atoms with Crippen molar-refractivity contribution in [1.82, 2.24) is 45.2 Å². The number of carbonyl (C=O) groups is 4. The first kappa shape index (κ1) is 96.2. The lowest BCUT2D eigenvalue weighted by Gasteiger charge is -2.34. The van der Waals surface area contributed by atoms with Crippen molar-refractivity contribution >= 4 is 97.1 Å². The number of aromatic nitrogens is 8. The summed E-state index contributed by atoms with van der Waals surface area (Å²) >= 11 is 6.15. The summed E-state index contributed by atoms with van der Waals surface area (Å²) in [5.74, 6) is 0.0296. The van der Waals surface area contributed by atoms with Crippen LogP contribution in [0.15, 0.2) is 267 Å². The lowest BCUT2D eigenvalue weighted by atomic mass is 9.89. The van der Waals surface area contributed by atoms with Gasteiger partial charge in [-0.2, -0.15) is 13.2 Å². The van der Waals surface area contributed by atoms with E-state index in [4.69, 9.17) is 46.2 Å². The number of benzene rings is 12. The Kier molecular flexibility index (Phi) is 30.2. The molecule has 12 aromatic carbocycles. The van der Waals surface area contributed by atoms with Gasteiger partial charge in [-0.25, -0.2) is 76.6 Å². The highest BCUT2D eigenvalue weighted by Gasteiger charge is 2.33. The molecule has 0 aliphatic carbocycles.